The summed E-state index contributed by atoms with van der Waals surface area (Å²) >= 11 is 0. The molecule has 108 valence electrons. The van der Waals surface area contributed by atoms with Crippen LogP contribution in [-0.2, 0) is 0 Å². The third-order valence-electron chi connectivity index (χ3n) is 5.40. The maximum Gasteiger partial charge on any atom is 0.272 e. The first-order valence-corrected chi connectivity index (χ1v) is 8.02. The van der Waals surface area contributed by atoms with Crippen LogP contribution in [-0.4, -0.2) is 17.9 Å². The minimum atomic E-state index is -0.469. The van der Waals surface area contributed by atoms with Gasteiger partial charge in [0.15, 0.2) is 11.5 Å². The largest absolute Gasteiger partial charge is 0.446 e. The predicted molar refractivity (Wildman–Crippen MR) is 78.0 cm³/mol. The van der Waals surface area contributed by atoms with Crippen molar-refractivity contribution in [3.8, 4) is 11.5 Å². The van der Waals surface area contributed by atoms with E-state index in [1.54, 1.807) is 0 Å². The van der Waals surface area contributed by atoms with E-state index in [0.29, 0.717) is 5.92 Å². The van der Waals surface area contributed by atoms with Crippen molar-refractivity contribution in [2.75, 3.05) is 6.54 Å². The summed E-state index contributed by atoms with van der Waals surface area (Å²) < 4.78 is 12.9. The summed E-state index contributed by atoms with van der Waals surface area (Å²) in [6.07, 6.45) is 7.32. The van der Waals surface area contributed by atoms with Crippen molar-refractivity contribution < 1.29 is 9.47 Å². The van der Waals surface area contributed by atoms with Gasteiger partial charge in [-0.05, 0) is 44.4 Å². The Morgan fingerprint density at radius 1 is 1.10 bits per heavy atom. The molecule has 3 heteroatoms. The molecular formula is C17H23NO2. The SMILES string of the molecule is CCNC12CCCC(CCC1)C21Oc2ccccc2O1. The second-order valence-corrected chi connectivity index (χ2v) is 6.41. The Morgan fingerprint density at radius 2 is 1.70 bits per heavy atom. The van der Waals surface area contributed by atoms with Crippen LogP contribution >= 0.6 is 0 Å². The van der Waals surface area contributed by atoms with Gasteiger partial charge in [0, 0.05) is 5.92 Å². The van der Waals surface area contributed by atoms with Gasteiger partial charge in [-0.3, -0.25) is 0 Å². The van der Waals surface area contributed by atoms with Gasteiger partial charge in [-0.1, -0.05) is 31.9 Å². The van der Waals surface area contributed by atoms with Crippen molar-refractivity contribution >= 4 is 0 Å². The maximum absolute atomic E-state index is 6.47. The van der Waals surface area contributed by atoms with E-state index in [9.17, 15) is 0 Å². The van der Waals surface area contributed by atoms with Gasteiger partial charge in [-0.15, -0.1) is 0 Å². The molecule has 0 unspecified atom stereocenters. The predicted octanol–water partition coefficient (Wildman–Crippen LogP) is 3.49. The molecule has 0 aromatic heterocycles. The molecule has 2 saturated carbocycles. The molecule has 20 heavy (non-hydrogen) atoms. The number of nitrogens with one attached hydrogen (secondary N) is 1. The van der Waals surface area contributed by atoms with Crippen LogP contribution in [0.5, 0.6) is 11.5 Å². The summed E-state index contributed by atoms with van der Waals surface area (Å²) in [5.74, 6) is 1.88. The second-order valence-electron chi connectivity index (χ2n) is 6.41. The van der Waals surface area contributed by atoms with Crippen molar-refractivity contribution in [3.05, 3.63) is 24.3 Å². The number of rotatable bonds is 2. The molecule has 1 aliphatic heterocycles. The molecule has 1 aromatic carbocycles. The highest BCUT2D eigenvalue weighted by atomic mass is 16.7. The molecule has 0 amide bonds. The van der Waals surface area contributed by atoms with Crippen LogP contribution in [0.15, 0.2) is 24.3 Å². The summed E-state index contributed by atoms with van der Waals surface area (Å²) in [4.78, 5) is 0. The Hall–Kier alpha value is -1.22. The number of fused-ring (bicyclic) bond motifs is 1. The topological polar surface area (TPSA) is 30.5 Å². The molecule has 0 atom stereocenters. The van der Waals surface area contributed by atoms with E-state index in [0.717, 1.165) is 30.9 Å². The van der Waals surface area contributed by atoms with E-state index < -0.39 is 5.79 Å². The van der Waals surface area contributed by atoms with Crippen LogP contribution in [0.25, 0.3) is 0 Å². The van der Waals surface area contributed by atoms with E-state index in [4.69, 9.17) is 9.47 Å². The fourth-order valence-electron chi connectivity index (χ4n) is 4.66. The van der Waals surface area contributed by atoms with Crippen molar-refractivity contribution in [3.63, 3.8) is 0 Å². The third kappa shape index (κ3) is 1.50. The minimum Gasteiger partial charge on any atom is -0.446 e. The first-order chi connectivity index (χ1) is 9.80. The maximum atomic E-state index is 6.47. The Balaban J connectivity index is 1.78. The molecule has 2 aliphatic carbocycles. The van der Waals surface area contributed by atoms with E-state index in [1.165, 1.54) is 25.7 Å². The average molecular weight is 273 g/mol. The van der Waals surface area contributed by atoms with Crippen LogP contribution in [0.1, 0.15) is 45.4 Å². The number of ether oxygens (including phenoxy) is 2. The normalized spacial score (nSPS) is 33.4. The van der Waals surface area contributed by atoms with E-state index in [-0.39, 0.29) is 5.54 Å². The fourth-order valence-corrected chi connectivity index (χ4v) is 4.66. The van der Waals surface area contributed by atoms with Crippen LogP contribution in [0.2, 0.25) is 0 Å². The summed E-state index contributed by atoms with van der Waals surface area (Å²) in [5.41, 5.74) is -0.0120. The standard InChI is InChI=1S/C17H23NO2/c1-2-18-16-11-5-7-13(8-6-12-16)17(16)19-14-9-3-4-10-15(14)20-17/h3-4,9-10,13,18H,2,5-8,11-12H2,1H3. The minimum absolute atomic E-state index is 0.0120. The Bertz CT molecular complexity index is 473. The van der Waals surface area contributed by atoms with Gasteiger partial charge in [0.2, 0.25) is 0 Å². The Morgan fingerprint density at radius 3 is 2.25 bits per heavy atom. The van der Waals surface area contributed by atoms with Gasteiger partial charge in [-0.25, -0.2) is 0 Å². The smallest absolute Gasteiger partial charge is 0.272 e. The number of benzene rings is 1. The van der Waals surface area contributed by atoms with Gasteiger partial charge in [0.05, 0.1) is 5.54 Å². The molecule has 3 nitrogen and oxygen atoms in total. The molecule has 1 N–H and O–H groups in total. The monoisotopic (exact) mass is 273 g/mol. The highest BCUT2D eigenvalue weighted by Gasteiger charge is 2.65. The molecule has 2 fully saturated rings. The van der Waals surface area contributed by atoms with Crippen LogP contribution < -0.4 is 14.8 Å². The lowest BCUT2D eigenvalue weighted by Crippen LogP contribution is -2.73. The Labute approximate surface area is 120 Å². The van der Waals surface area contributed by atoms with Crippen molar-refractivity contribution in [2.45, 2.75) is 56.8 Å². The van der Waals surface area contributed by atoms with Gasteiger partial charge in [-0.2, -0.15) is 0 Å². The second kappa shape index (κ2) is 4.39. The van der Waals surface area contributed by atoms with Crippen LogP contribution in [0.4, 0.5) is 0 Å². The number of para-hydroxylation sites is 2. The molecule has 1 aromatic rings. The summed E-state index contributed by atoms with van der Waals surface area (Å²) in [6.45, 7) is 3.15. The zero-order valence-corrected chi connectivity index (χ0v) is 12.2. The molecular weight excluding hydrogens is 250 g/mol. The zero-order valence-electron chi connectivity index (χ0n) is 12.2. The molecule has 1 spiro atoms. The van der Waals surface area contributed by atoms with Crippen LogP contribution in [0.3, 0.4) is 0 Å². The summed E-state index contributed by atoms with van der Waals surface area (Å²) in [5, 5.41) is 3.75. The lowest BCUT2D eigenvalue weighted by atomic mass is 9.62. The first kappa shape index (κ1) is 12.5. The highest BCUT2D eigenvalue weighted by Crippen LogP contribution is 2.57. The van der Waals surface area contributed by atoms with Crippen molar-refractivity contribution in [1.29, 1.82) is 0 Å². The fraction of sp³-hybridized carbons (Fsp3) is 0.647. The quantitative estimate of drug-likeness (QED) is 0.894. The van der Waals surface area contributed by atoms with Crippen molar-refractivity contribution in [1.82, 2.24) is 5.32 Å². The van der Waals surface area contributed by atoms with E-state index in [1.807, 2.05) is 24.3 Å². The molecule has 0 radical (unpaired) electrons. The zero-order chi connectivity index (χ0) is 13.6. The molecule has 4 rings (SSSR count). The summed E-state index contributed by atoms with van der Waals surface area (Å²) in [6, 6.07) is 8.13. The average Bonchev–Trinajstić information content (AvgIpc) is 2.80. The Kier molecular flexibility index (Phi) is 2.75. The summed E-state index contributed by atoms with van der Waals surface area (Å²) in [7, 11) is 0. The lowest BCUT2D eigenvalue weighted by Gasteiger charge is -2.56. The number of hydrogen-bond acceptors (Lipinski definition) is 3. The third-order valence-corrected chi connectivity index (χ3v) is 5.40. The van der Waals surface area contributed by atoms with E-state index >= 15 is 0 Å². The van der Waals surface area contributed by atoms with Gasteiger partial charge in [0.25, 0.3) is 5.79 Å². The highest BCUT2D eigenvalue weighted by molar-refractivity contribution is 5.44. The lowest BCUT2D eigenvalue weighted by molar-refractivity contribution is -0.226. The van der Waals surface area contributed by atoms with Crippen LogP contribution in [0, 0.1) is 5.92 Å². The molecule has 1 heterocycles. The van der Waals surface area contributed by atoms with Crippen molar-refractivity contribution in [2.24, 2.45) is 5.92 Å². The molecule has 3 aliphatic rings. The van der Waals surface area contributed by atoms with Gasteiger partial charge in [0.1, 0.15) is 0 Å². The molecule has 0 saturated heterocycles. The van der Waals surface area contributed by atoms with Gasteiger partial charge < -0.3 is 14.8 Å². The van der Waals surface area contributed by atoms with E-state index in [2.05, 4.69) is 12.2 Å². The molecule has 2 bridgehead atoms. The number of hydrogen-bond donors (Lipinski definition) is 1. The number of likely N-dealkylation sites (N-methyl/N-ethyl adjacent to an activating group) is 1. The first-order valence-electron chi connectivity index (χ1n) is 8.02. The van der Waals surface area contributed by atoms with Gasteiger partial charge >= 0.3 is 0 Å².